The Bertz CT molecular complexity index is 217. The van der Waals surface area contributed by atoms with Crippen LogP contribution in [0.3, 0.4) is 0 Å². The highest BCUT2D eigenvalue weighted by Gasteiger charge is 2.27. The Balaban J connectivity index is 2.27. The number of carbonyl (C=O) groups excluding carboxylic acids is 1. The summed E-state index contributed by atoms with van der Waals surface area (Å²) in [6, 6.07) is 0. The van der Waals surface area contributed by atoms with Crippen LogP contribution in [0.2, 0.25) is 0 Å². The lowest BCUT2D eigenvalue weighted by Gasteiger charge is -2.15. The summed E-state index contributed by atoms with van der Waals surface area (Å²) in [5.41, 5.74) is 0. The molecule has 0 aromatic heterocycles. The lowest BCUT2D eigenvalue weighted by atomic mass is 10.1. The van der Waals surface area contributed by atoms with E-state index in [1.165, 1.54) is 0 Å². The van der Waals surface area contributed by atoms with Gasteiger partial charge in [0.1, 0.15) is 0 Å². The Hall–Kier alpha value is -0.970. The van der Waals surface area contributed by atoms with Crippen LogP contribution in [-0.2, 0) is 4.79 Å². The van der Waals surface area contributed by atoms with Crippen LogP contribution in [0.1, 0.15) is 32.6 Å². The summed E-state index contributed by atoms with van der Waals surface area (Å²) in [6.45, 7) is 3.93. The molecule has 1 amide bonds. The average Bonchev–Trinajstić information content (AvgIpc) is 2.48. The summed E-state index contributed by atoms with van der Waals surface area (Å²) >= 11 is 0. The molecule has 0 radical (unpaired) electrons. The first-order valence-corrected chi connectivity index (χ1v) is 4.99. The van der Waals surface area contributed by atoms with Crippen LogP contribution in [0.4, 0.5) is 0 Å². The fraction of sp³-hybridized carbons (Fsp3) is 0.727. The second-order valence-corrected chi connectivity index (χ2v) is 3.63. The first-order valence-electron chi connectivity index (χ1n) is 4.99. The molecule has 2 heteroatoms. The van der Waals surface area contributed by atoms with Gasteiger partial charge in [0.05, 0.1) is 0 Å². The van der Waals surface area contributed by atoms with Crippen LogP contribution in [0.5, 0.6) is 0 Å². The second-order valence-electron chi connectivity index (χ2n) is 3.63. The molecule has 1 atom stereocenters. The van der Waals surface area contributed by atoms with Gasteiger partial charge < -0.3 is 4.90 Å². The zero-order chi connectivity index (χ0) is 9.68. The average molecular weight is 179 g/mol. The van der Waals surface area contributed by atoms with Crippen molar-refractivity contribution in [2.75, 3.05) is 13.1 Å². The predicted molar refractivity (Wildman–Crippen MR) is 53.0 cm³/mol. The Labute approximate surface area is 80.3 Å². The van der Waals surface area contributed by atoms with Gasteiger partial charge in [-0.15, -0.1) is 12.3 Å². The van der Waals surface area contributed by atoms with E-state index in [0.717, 1.165) is 38.8 Å². The van der Waals surface area contributed by atoms with E-state index in [1.54, 1.807) is 0 Å². The molecular weight excluding hydrogens is 162 g/mol. The van der Waals surface area contributed by atoms with Crippen LogP contribution >= 0.6 is 0 Å². The van der Waals surface area contributed by atoms with Gasteiger partial charge in [0.15, 0.2) is 0 Å². The molecule has 72 valence electrons. The van der Waals surface area contributed by atoms with Crippen LogP contribution in [0, 0.1) is 18.3 Å². The van der Waals surface area contributed by atoms with E-state index in [4.69, 9.17) is 6.42 Å². The molecule has 0 aliphatic carbocycles. The van der Waals surface area contributed by atoms with E-state index in [9.17, 15) is 4.79 Å². The fourth-order valence-electron chi connectivity index (χ4n) is 1.72. The van der Waals surface area contributed by atoms with Crippen molar-refractivity contribution in [3.8, 4) is 12.3 Å². The fourth-order valence-corrected chi connectivity index (χ4v) is 1.72. The summed E-state index contributed by atoms with van der Waals surface area (Å²) in [5.74, 6) is 3.48. The molecule has 1 unspecified atom stereocenters. The van der Waals surface area contributed by atoms with E-state index in [-0.39, 0.29) is 0 Å². The normalized spacial score (nSPS) is 22.0. The van der Waals surface area contributed by atoms with Crippen molar-refractivity contribution in [1.82, 2.24) is 4.90 Å². The van der Waals surface area contributed by atoms with Crippen molar-refractivity contribution < 1.29 is 4.79 Å². The minimum absolute atomic E-state index is 0.309. The minimum atomic E-state index is 0.309. The van der Waals surface area contributed by atoms with Gasteiger partial charge in [0, 0.05) is 25.9 Å². The van der Waals surface area contributed by atoms with E-state index < -0.39 is 0 Å². The highest BCUT2D eigenvalue weighted by molar-refractivity contribution is 5.78. The van der Waals surface area contributed by atoms with Crippen molar-refractivity contribution in [2.45, 2.75) is 32.6 Å². The zero-order valence-corrected chi connectivity index (χ0v) is 8.25. The number of rotatable bonds is 4. The van der Waals surface area contributed by atoms with Crippen LogP contribution in [-0.4, -0.2) is 23.9 Å². The van der Waals surface area contributed by atoms with Crippen molar-refractivity contribution in [3.05, 3.63) is 0 Å². The first-order chi connectivity index (χ1) is 6.27. The van der Waals surface area contributed by atoms with Crippen LogP contribution in [0.15, 0.2) is 0 Å². The molecule has 1 fully saturated rings. The van der Waals surface area contributed by atoms with E-state index in [0.29, 0.717) is 11.8 Å². The number of likely N-dealkylation sites (tertiary alicyclic amines) is 1. The lowest BCUT2D eigenvalue weighted by molar-refractivity contribution is -0.127. The first kappa shape index (κ1) is 10.1. The van der Waals surface area contributed by atoms with E-state index >= 15 is 0 Å². The Morgan fingerprint density at radius 3 is 3.00 bits per heavy atom. The summed E-state index contributed by atoms with van der Waals surface area (Å²) < 4.78 is 0. The molecule has 2 nitrogen and oxygen atoms in total. The Morgan fingerprint density at radius 2 is 2.46 bits per heavy atom. The quantitative estimate of drug-likeness (QED) is 0.475. The third-order valence-electron chi connectivity index (χ3n) is 2.62. The molecule has 0 saturated carbocycles. The molecule has 1 saturated heterocycles. The number of hydrogen-bond acceptors (Lipinski definition) is 1. The van der Waals surface area contributed by atoms with Crippen molar-refractivity contribution >= 4 is 5.91 Å². The Kier molecular flexibility index (Phi) is 3.82. The molecular formula is C11H17NO. The lowest BCUT2D eigenvalue weighted by Crippen LogP contribution is -2.26. The van der Waals surface area contributed by atoms with Crippen molar-refractivity contribution in [1.29, 1.82) is 0 Å². The van der Waals surface area contributed by atoms with Gasteiger partial charge >= 0.3 is 0 Å². The minimum Gasteiger partial charge on any atom is -0.342 e. The van der Waals surface area contributed by atoms with Gasteiger partial charge in [-0.1, -0.05) is 13.3 Å². The molecule has 0 aromatic rings. The standard InChI is InChI=1S/C11H17NO/c1-3-5-6-7-12-9-10(4-2)8-11(12)13/h1,10H,4-9H2,2H3. The molecule has 1 heterocycles. The summed E-state index contributed by atoms with van der Waals surface area (Å²) in [6.07, 6.45) is 8.72. The third kappa shape index (κ3) is 2.77. The summed E-state index contributed by atoms with van der Waals surface area (Å²) in [7, 11) is 0. The maximum atomic E-state index is 11.4. The van der Waals surface area contributed by atoms with E-state index in [1.807, 2.05) is 4.90 Å². The van der Waals surface area contributed by atoms with E-state index in [2.05, 4.69) is 12.8 Å². The highest BCUT2D eigenvalue weighted by Crippen LogP contribution is 2.20. The second kappa shape index (κ2) is 4.91. The third-order valence-corrected chi connectivity index (χ3v) is 2.62. The predicted octanol–water partition coefficient (Wildman–Crippen LogP) is 1.66. The largest absolute Gasteiger partial charge is 0.342 e. The number of amides is 1. The van der Waals surface area contributed by atoms with Crippen molar-refractivity contribution in [3.63, 3.8) is 0 Å². The monoisotopic (exact) mass is 179 g/mol. The SMILES string of the molecule is C#CCCCN1CC(CC)CC1=O. The number of unbranched alkanes of at least 4 members (excludes halogenated alkanes) is 1. The number of terminal acetylenes is 1. The molecule has 13 heavy (non-hydrogen) atoms. The summed E-state index contributed by atoms with van der Waals surface area (Å²) in [4.78, 5) is 13.4. The molecule has 1 aliphatic rings. The maximum absolute atomic E-state index is 11.4. The number of nitrogens with zero attached hydrogens (tertiary/aromatic N) is 1. The topological polar surface area (TPSA) is 20.3 Å². The van der Waals surface area contributed by atoms with Gasteiger partial charge in [0.2, 0.25) is 5.91 Å². The molecule has 0 aromatic carbocycles. The number of carbonyl (C=O) groups is 1. The number of hydrogen-bond donors (Lipinski definition) is 0. The van der Waals surface area contributed by atoms with Gasteiger partial charge in [0.25, 0.3) is 0 Å². The molecule has 1 rings (SSSR count). The molecule has 0 bridgehead atoms. The molecule has 0 spiro atoms. The molecule has 1 aliphatic heterocycles. The summed E-state index contributed by atoms with van der Waals surface area (Å²) in [5, 5.41) is 0. The molecule has 0 N–H and O–H groups in total. The van der Waals surface area contributed by atoms with Crippen LogP contribution < -0.4 is 0 Å². The zero-order valence-electron chi connectivity index (χ0n) is 8.25. The smallest absolute Gasteiger partial charge is 0.222 e. The van der Waals surface area contributed by atoms with Gasteiger partial charge in [-0.3, -0.25) is 4.79 Å². The van der Waals surface area contributed by atoms with Crippen LogP contribution in [0.25, 0.3) is 0 Å². The Morgan fingerprint density at radius 1 is 1.69 bits per heavy atom. The van der Waals surface area contributed by atoms with Gasteiger partial charge in [-0.05, 0) is 12.3 Å². The maximum Gasteiger partial charge on any atom is 0.222 e. The van der Waals surface area contributed by atoms with Gasteiger partial charge in [-0.25, -0.2) is 0 Å². The van der Waals surface area contributed by atoms with Crippen molar-refractivity contribution in [2.24, 2.45) is 5.92 Å². The van der Waals surface area contributed by atoms with Gasteiger partial charge in [-0.2, -0.15) is 0 Å². The highest BCUT2D eigenvalue weighted by atomic mass is 16.2.